The Kier molecular flexibility index (Phi) is 5.74. The number of aliphatic imine (C=N–C) groups is 1. The molecule has 0 spiro atoms. The molecule has 3 aromatic heterocycles. The first kappa shape index (κ1) is 20.2. The van der Waals surface area contributed by atoms with Gasteiger partial charge in [-0.2, -0.15) is 5.10 Å². The molecule has 0 aliphatic heterocycles. The van der Waals surface area contributed by atoms with Crippen LogP contribution in [0.1, 0.15) is 23.1 Å². The fourth-order valence-corrected chi connectivity index (χ4v) is 2.92. The standard InChI is InChI=1S/C19H24N8O2/c1-11(20)7-13(22-5-6-29-4)15-10-26(2)19(25-15)17-12-9-23-27(3)16(12)8-14(24-17)18(21)28/h7-10H,5-6,20H2,1-4H3,(H2,21,28). The van der Waals surface area contributed by atoms with Crippen molar-refractivity contribution in [2.75, 3.05) is 20.3 Å². The van der Waals surface area contributed by atoms with Gasteiger partial charge in [-0.1, -0.05) is 0 Å². The van der Waals surface area contributed by atoms with Gasteiger partial charge in [-0.25, -0.2) is 9.97 Å². The Morgan fingerprint density at radius 1 is 1.28 bits per heavy atom. The van der Waals surface area contributed by atoms with Crippen molar-refractivity contribution in [2.24, 2.45) is 30.6 Å². The highest BCUT2D eigenvalue weighted by Gasteiger charge is 2.19. The number of ether oxygens (including phenoxy) is 1. The number of nitrogens with zero attached hydrogens (tertiary/aromatic N) is 6. The first-order chi connectivity index (χ1) is 13.8. The van der Waals surface area contributed by atoms with E-state index < -0.39 is 5.91 Å². The summed E-state index contributed by atoms with van der Waals surface area (Å²) >= 11 is 0. The Morgan fingerprint density at radius 3 is 2.69 bits per heavy atom. The second-order valence-electron chi connectivity index (χ2n) is 6.63. The first-order valence-electron chi connectivity index (χ1n) is 8.95. The third kappa shape index (κ3) is 4.16. The van der Waals surface area contributed by atoms with Gasteiger partial charge in [-0.3, -0.25) is 14.5 Å². The molecule has 1 amide bonds. The second kappa shape index (κ2) is 8.23. The summed E-state index contributed by atoms with van der Waals surface area (Å²) in [5, 5.41) is 5.03. The smallest absolute Gasteiger partial charge is 0.267 e. The molecule has 0 bridgehead atoms. The number of methoxy groups -OCH3 is 1. The molecular formula is C19H24N8O2. The highest BCUT2D eigenvalue weighted by Crippen LogP contribution is 2.27. The molecule has 3 rings (SSSR count). The molecule has 4 N–H and O–H groups in total. The number of amides is 1. The van der Waals surface area contributed by atoms with Crippen LogP contribution in [0.15, 0.2) is 35.2 Å². The van der Waals surface area contributed by atoms with Gasteiger partial charge in [0.15, 0.2) is 5.82 Å². The van der Waals surface area contributed by atoms with E-state index in [9.17, 15) is 4.79 Å². The van der Waals surface area contributed by atoms with Crippen molar-refractivity contribution in [1.82, 2.24) is 24.3 Å². The van der Waals surface area contributed by atoms with Gasteiger partial charge in [0.1, 0.15) is 17.1 Å². The molecule has 29 heavy (non-hydrogen) atoms. The van der Waals surface area contributed by atoms with Crippen LogP contribution < -0.4 is 11.5 Å². The zero-order valence-electron chi connectivity index (χ0n) is 16.9. The molecule has 0 aliphatic rings. The van der Waals surface area contributed by atoms with Gasteiger partial charge in [-0.05, 0) is 19.1 Å². The summed E-state index contributed by atoms with van der Waals surface area (Å²) in [5.74, 6) is -0.0593. The Bertz CT molecular complexity index is 1120. The molecule has 3 heterocycles. The summed E-state index contributed by atoms with van der Waals surface area (Å²) in [6.07, 6.45) is 5.28. The fourth-order valence-electron chi connectivity index (χ4n) is 2.92. The van der Waals surface area contributed by atoms with Crippen LogP contribution in [0, 0.1) is 0 Å². The van der Waals surface area contributed by atoms with Gasteiger partial charge in [0.25, 0.3) is 5.91 Å². The summed E-state index contributed by atoms with van der Waals surface area (Å²) in [6, 6.07) is 1.62. The number of hydrogen-bond acceptors (Lipinski definition) is 7. The van der Waals surface area contributed by atoms with E-state index in [0.29, 0.717) is 41.8 Å². The molecule has 0 aliphatic carbocycles. The highest BCUT2D eigenvalue weighted by molar-refractivity contribution is 6.08. The third-order valence-electron chi connectivity index (χ3n) is 4.29. The van der Waals surface area contributed by atoms with Crippen molar-refractivity contribution in [3.63, 3.8) is 0 Å². The van der Waals surface area contributed by atoms with Crippen LogP contribution >= 0.6 is 0 Å². The van der Waals surface area contributed by atoms with Crippen LogP contribution in [0.4, 0.5) is 0 Å². The molecule has 10 nitrogen and oxygen atoms in total. The van der Waals surface area contributed by atoms with Gasteiger partial charge in [-0.15, -0.1) is 0 Å². The van der Waals surface area contributed by atoms with Crippen LogP contribution in [0.25, 0.3) is 22.4 Å². The summed E-state index contributed by atoms with van der Waals surface area (Å²) in [4.78, 5) is 25.5. The third-order valence-corrected chi connectivity index (χ3v) is 4.29. The summed E-state index contributed by atoms with van der Waals surface area (Å²) < 4.78 is 8.55. The number of imidazole rings is 1. The maximum Gasteiger partial charge on any atom is 0.267 e. The zero-order valence-corrected chi connectivity index (χ0v) is 16.9. The number of carbonyl (C=O) groups is 1. The summed E-state index contributed by atoms with van der Waals surface area (Å²) in [6.45, 7) is 2.75. The van der Waals surface area contributed by atoms with E-state index in [1.165, 1.54) is 0 Å². The monoisotopic (exact) mass is 396 g/mol. The van der Waals surface area contributed by atoms with Crippen molar-refractivity contribution in [1.29, 1.82) is 0 Å². The van der Waals surface area contributed by atoms with E-state index in [0.717, 1.165) is 10.9 Å². The summed E-state index contributed by atoms with van der Waals surface area (Å²) in [5.41, 5.74) is 14.6. The number of aryl methyl sites for hydroxylation is 2. The van der Waals surface area contributed by atoms with Crippen molar-refractivity contribution in [3.05, 3.63) is 41.6 Å². The molecule has 0 aromatic carbocycles. The fraction of sp³-hybridized carbons (Fsp3) is 0.316. The Hall–Kier alpha value is -3.53. The molecule has 0 radical (unpaired) electrons. The average molecular weight is 396 g/mol. The average Bonchev–Trinajstić information content (AvgIpc) is 3.23. The normalized spacial score (nSPS) is 12.7. The number of nitrogens with two attached hydrogens (primary N) is 2. The lowest BCUT2D eigenvalue weighted by Gasteiger charge is -2.05. The number of hydrogen-bond donors (Lipinski definition) is 2. The number of carbonyl (C=O) groups excluding carboxylic acids is 1. The van der Waals surface area contributed by atoms with Crippen LogP contribution in [0.5, 0.6) is 0 Å². The lowest BCUT2D eigenvalue weighted by molar-refractivity contribution is 0.0996. The zero-order chi connectivity index (χ0) is 21.1. The molecule has 0 fully saturated rings. The van der Waals surface area contributed by atoms with Gasteiger partial charge in [0, 0.05) is 38.5 Å². The first-order valence-corrected chi connectivity index (χ1v) is 8.95. The topological polar surface area (TPSA) is 139 Å². The number of fused-ring (bicyclic) bond motifs is 1. The molecule has 152 valence electrons. The van der Waals surface area contributed by atoms with Crippen LogP contribution in [-0.2, 0) is 18.8 Å². The maximum absolute atomic E-state index is 11.8. The predicted octanol–water partition coefficient (Wildman–Crippen LogP) is 0.766. The minimum absolute atomic E-state index is 0.146. The number of allylic oxidation sites excluding steroid dienone is 2. The van der Waals surface area contributed by atoms with E-state index in [1.54, 1.807) is 44.1 Å². The van der Waals surface area contributed by atoms with Gasteiger partial charge in [0.2, 0.25) is 0 Å². The lowest BCUT2D eigenvalue weighted by Crippen LogP contribution is -2.14. The number of aromatic nitrogens is 5. The Labute approximate surface area is 167 Å². The number of pyridine rings is 1. The van der Waals surface area contributed by atoms with Crippen LogP contribution in [0.3, 0.4) is 0 Å². The van der Waals surface area contributed by atoms with E-state index in [2.05, 4.69) is 15.1 Å². The maximum atomic E-state index is 11.8. The van der Waals surface area contributed by atoms with E-state index in [-0.39, 0.29) is 5.69 Å². The SMILES string of the molecule is COCCN=C(C=C(C)N)c1cn(C)c(-c2nc(C(N)=O)cc3c2cnn3C)n1. The molecule has 0 saturated heterocycles. The molecular weight excluding hydrogens is 372 g/mol. The highest BCUT2D eigenvalue weighted by atomic mass is 16.5. The number of primary amides is 1. The lowest BCUT2D eigenvalue weighted by atomic mass is 10.2. The van der Waals surface area contributed by atoms with Gasteiger partial charge in [0.05, 0.1) is 30.6 Å². The molecule has 0 unspecified atom stereocenters. The van der Waals surface area contributed by atoms with Crippen LogP contribution in [-0.4, -0.2) is 56.2 Å². The minimum atomic E-state index is -0.618. The largest absolute Gasteiger partial charge is 0.402 e. The predicted molar refractivity (Wildman–Crippen MR) is 110 cm³/mol. The molecule has 0 atom stereocenters. The second-order valence-corrected chi connectivity index (χ2v) is 6.63. The van der Waals surface area contributed by atoms with Gasteiger partial charge >= 0.3 is 0 Å². The van der Waals surface area contributed by atoms with Crippen molar-refractivity contribution in [3.8, 4) is 11.5 Å². The van der Waals surface area contributed by atoms with Crippen molar-refractivity contribution >= 4 is 22.5 Å². The van der Waals surface area contributed by atoms with Gasteiger partial charge < -0.3 is 20.8 Å². The van der Waals surface area contributed by atoms with E-state index >= 15 is 0 Å². The molecule has 10 heteroatoms. The molecule has 0 saturated carbocycles. The number of rotatable bonds is 7. The quantitative estimate of drug-likeness (QED) is 0.446. The van der Waals surface area contributed by atoms with E-state index in [1.807, 2.05) is 17.8 Å². The Balaban J connectivity index is 2.16. The van der Waals surface area contributed by atoms with Crippen LogP contribution in [0.2, 0.25) is 0 Å². The minimum Gasteiger partial charge on any atom is -0.402 e. The Morgan fingerprint density at radius 2 is 2.03 bits per heavy atom. The summed E-state index contributed by atoms with van der Waals surface area (Å²) in [7, 11) is 5.25. The van der Waals surface area contributed by atoms with Crippen molar-refractivity contribution < 1.29 is 9.53 Å². The van der Waals surface area contributed by atoms with Crippen molar-refractivity contribution in [2.45, 2.75) is 6.92 Å². The molecule has 3 aromatic rings. The van der Waals surface area contributed by atoms with E-state index in [4.69, 9.17) is 21.2 Å².